The van der Waals surface area contributed by atoms with Gasteiger partial charge in [-0.2, -0.15) is 0 Å². The largest absolute Gasteiger partial charge is 0.490 e. The van der Waals surface area contributed by atoms with Crippen LogP contribution in [0.2, 0.25) is 0 Å². The van der Waals surface area contributed by atoms with Gasteiger partial charge in [0.2, 0.25) is 5.75 Å². The second-order valence-electron chi connectivity index (χ2n) is 7.02. The third-order valence-corrected chi connectivity index (χ3v) is 5.00. The van der Waals surface area contributed by atoms with Crippen LogP contribution in [0.15, 0.2) is 35.1 Å². The highest BCUT2D eigenvalue weighted by Crippen LogP contribution is 2.39. The van der Waals surface area contributed by atoms with Crippen LogP contribution in [-0.4, -0.2) is 30.7 Å². The highest BCUT2D eigenvalue weighted by Gasteiger charge is 2.18. The summed E-state index contributed by atoms with van der Waals surface area (Å²) in [7, 11) is 0. The smallest absolute Gasteiger partial charge is 0.255 e. The SMILES string of the molecule is CCOc1cc(C(=O)Nc2ccc3c(C)c(C)c(=O)[nH]c3c2)cc(OCC)c1OCC. The second kappa shape index (κ2) is 9.55. The van der Waals surface area contributed by atoms with E-state index in [1.807, 2.05) is 39.8 Å². The summed E-state index contributed by atoms with van der Waals surface area (Å²) in [4.78, 5) is 28.0. The second-order valence-corrected chi connectivity index (χ2v) is 7.02. The Labute approximate surface area is 181 Å². The zero-order valence-corrected chi connectivity index (χ0v) is 18.5. The molecule has 0 aliphatic rings. The van der Waals surface area contributed by atoms with Crippen LogP contribution in [-0.2, 0) is 0 Å². The molecule has 2 N–H and O–H groups in total. The van der Waals surface area contributed by atoms with Crippen LogP contribution in [0.1, 0.15) is 42.3 Å². The lowest BCUT2D eigenvalue weighted by Gasteiger charge is -2.17. The van der Waals surface area contributed by atoms with Crippen molar-refractivity contribution in [3.05, 3.63) is 57.4 Å². The van der Waals surface area contributed by atoms with E-state index in [9.17, 15) is 9.59 Å². The number of pyridine rings is 1. The Hall–Kier alpha value is -3.48. The zero-order valence-electron chi connectivity index (χ0n) is 18.5. The number of H-pyrrole nitrogens is 1. The van der Waals surface area contributed by atoms with E-state index < -0.39 is 0 Å². The van der Waals surface area contributed by atoms with E-state index in [4.69, 9.17) is 14.2 Å². The zero-order chi connectivity index (χ0) is 22.5. The van der Waals surface area contributed by atoms with Crippen LogP contribution < -0.4 is 25.1 Å². The number of aryl methyl sites for hydroxylation is 1. The number of aromatic amines is 1. The summed E-state index contributed by atoms with van der Waals surface area (Å²) >= 11 is 0. The van der Waals surface area contributed by atoms with Crippen molar-refractivity contribution in [2.24, 2.45) is 0 Å². The van der Waals surface area contributed by atoms with Crippen molar-refractivity contribution in [1.82, 2.24) is 4.98 Å². The molecule has 0 radical (unpaired) electrons. The molecule has 0 saturated carbocycles. The van der Waals surface area contributed by atoms with E-state index in [1.165, 1.54) is 0 Å². The van der Waals surface area contributed by atoms with E-state index in [2.05, 4.69) is 10.3 Å². The number of carbonyl (C=O) groups is 1. The standard InChI is InChI=1S/C24H28N2O5/c1-6-29-20-11-16(12-21(30-7-2)22(20)31-8-3)24(28)25-17-9-10-18-14(4)15(5)23(27)26-19(18)13-17/h9-13H,6-8H2,1-5H3,(H,25,28)(H,26,27). The molecular weight excluding hydrogens is 396 g/mol. The summed E-state index contributed by atoms with van der Waals surface area (Å²) in [6.07, 6.45) is 0. The average Bonchev–Trinajstić information content (AvgIpc) is 2.74. The number of fused-ring (bicyclic) bond motifs is 1. The van der Waals surface area contributed by atoms with Gasteiger partial charge in [-0.3, -0.25) is 9.59 Å². The number of amides is 1. The minimum Gasteiger partial charge on any atom is -0.490 e. The number of benzene rings is 2. The van der Waals surface area contributed by atoms with E-state index in [-0.39, 0.29) is 11.5 Å². The van der Waals surface area contributed by atoms with Gasteiger partial charge in [0, 0.05) is 22.2 Å². The number of nitrogens with one attached hydrogen (secondary N) is 2. The Kier molecular flexibility index (Phi) is 6.84. The lowest BCUT2D eigenvalue weighted by atomic mass is 10.1. The van der Waals surface area contributed by atoms with Crippen LogP contribution >= 0.6 is 0 Å². The lowest BCUT2D eigenvalue weighted by Crippen LogP contribution is -2.14. The van der Waals surface area contributed by atoms with Crippen LogP contribution in [0.4, 0.5) is 5.69 Å². The molecule has 0 unspecified atom stereocenters. The number of anilines is 1. The molecule has 0 spiro atoms. The highest BCUT2D eigenvalue weighted by atomic mass is 16.5. The Morgan fingerprint density at radius 3 is 2.10 bits per heavy atom. The Morgan fingerprint density at radius 1 is 0.903 bits per heavy atom. The number of aromatic nitrogens is 1. The summed E-state index contributed by atoms with van der Waals surface area (Å²) in [6, 6.07) is 8.74. The van der Waals surface area contributed by atoms with Crippen molar-refractivity contribution in [2.75, 3.05) is 25.1 Å². The highest BCUT2D eigenvalue weighted by molar-refractivity contribution is 6.06. The van der Waals surface area contributed by atoms with Crippen LogP contribution in [0.25, 0.3) is 10.9 Å². The fraction of sp³-hybridized carbons (Fsp3) is 0.333. The molecule has 1 heterocycles. The molecule has 164 valence electrons. The molecular formula is C24H28N2O5. The predicted octanol–water partition coefficient (Wildman–Crippen LogP) is 4.59. The van der Waals surface area contributed by atoms with E-state index in [0.717, 1.165) is 10.9 Å². The van der Waals surface area contributed by atoms with E-state index in [1.54, 1.807) is 25.1 Å². The van der Waals surface area contributed by atoms with Crippen LogP contribution in [0, 0.1) is 13.8 Å². The van der Waals surface area contributed by atoms with Gasteiger partial charge in [-0.05, 0) is 64.4 Å². The van der Waals surface area contributed by atoms with E-state index in [0.29, 0.717) is 59.4 Å². The maximum absolute atomic E-state index is 13.0. The normalized spacial score (nSPS) is 10.7. The minimum absolute atomic E-state index is 0.136. The molecule has 1 amide bonds. The third-order valence-electron chi connectivity index (χ3n) is 5.00. The fourth-order valence-corrected chi connectivity index (χ4v) is 3.36. The Balaban J connectivity index is 1.97. The monoisotopic (exact) mass is 424 g/mol. The minimum atomic E-state index is -0.324. The van der Waals surface area contributed by atoms with Crippen molar-refractivity contribution < 1.29 is 19.0 Å². The molecule has 0 saturated heterocycles. The molecule has 0 fully saturated rings. The fourth-order valence-electron chi connectivity index (χ4n) is 3.36. The maximum atomic E-state index is 13.0. The number of hydrogen-bond acceptors (Lipinski definition) is 5. The molecule has 2 aromatic carbocycles. The van der Waals surface area contributed by atoms with Gasteiger partial charge in [0.25, 0.3) is 11.5 Å². The van der Waals surface area contributed by atoms with Crippen molar-refractivity contribution >= 4 is 22.5 Å². The third kappa shape index (κ3) is 4.66. The molecule has 0 bridgehead atoms. The van der Waals surface area contributed by atoms with E-state index >= 15 is 0 Å². The molecule has 31 heavy (non-hydrogen) atoms. The summed E-state index contributed by atoms with van der Waals surface area (Å²) in [5.41, 5.74) is 3.09. The first-order valence-corrected chi connectivity index (χ1v) is 10.4. The molecule has 0 aliphatic heterocycles. The molecule has 3 aromatic rings. The summed E-state index contributed by atoms with van der Waals surface area (Å²) in [5, 5.41) is 3.82. The predicted molar refractivity (Wildman–Crippen MR) is 122 cm³/mol. The molecule has 7 nitrogen and oxygen atoms in total. The first-order chi connectivity index (χ1) is 14.9. The van der Waals surface area contributed by atoms with Gasteiger partial charge in [-0.1, -0.05) is 6.07 Å². The average molecular weight is 424 g/mol. The van der Waals surface area contributed by atoms with Crippen LogP contribution in [0.3, 0.4) is 0 Å². The van der Waals surface area contributed by atoms with Crippen molar-refractivity contribution in [3.63, 3.8) is 0 Å². The molecule has 0 atom stereocenters. The number of ether oxygens (including phenoxy) is 3. The lowest BCUT2D eigenvalue weighted by molar-refractivity contribution is 0.102. The summed E-state index contributed by atoms with van der Waals surface area (Å²) in [5.74, 6) is 1.07. The topological polar surface area (TPSA) is 89.7 Å². The first-order valence-electron chi connectivity index (χ1n) is 10.4. The number of rotatable bonds is 8. The van der Waals surface area contributed by atoms with Gasteiger partial charge in [0.15, 0.2) is 11.5 Å². The summed E-state index contributed by atoms with van der Waals surface area (Å²) in [6.45, 7) is 10.6. The molecule has 3 rings (SSSR count). The summed E-state index contributed by atoms with van der Waals surface area (Å²) < 4.78 is 17.1. The maximum Gasteiger partial charge on any atom is 0.255 e. The Bertz CT molecular complexity index is 1140. The first kappa shape index (κ1) is 22.2. The van der Waals surface area contributed by atoms with Gasteiger partial charge in [-0.15, -0.1) is 0 Å². The van der Waals surface area contributed by atoms with Gasteiger partial charge < -0.3 is 24.5 Å². The molecule has 7 heteroatoms. The molecule has 0 aliphatic carbocycles. The number of hydrogen-bond donors (Lipinski definition) is 2. The van der Waals surface area contributed by atoms with Crippen molar-refractivity contribution in [2.45, 2.75) is 34.6 Å². The number of carbonyl (C=O) groups excluding carboxylic acids is 1. The van der Waals surface area contributed by atoms with Crippen molar-refractivity contribution in [1.29, 1.82) is 0 Å². The van der Waals surface area contributed by atoms with Crippen LogP contribution in [0.5, 0.6) is 17.2 Å². The van der Waals surface area contributed by atoms with Gasteiger partial charge >= 0.3 is 0 Å². The quantitative estimate of drug-likeness (QED) is 0.552. The van der Waals surface area contributed by atoms with Gasteiger partial charge in [0.05, 0.1) is 25.3 Å². The van der Waals surface area contributed by atoms with Crippen molar-refractivity contribution in [3.8, 4) is 17.2 Å². The van der Waals surface area contributed by atoms with Gasteiger partial charge in [0.1, 0.15) is 0 Å². The van der Waals surface area contributed by atoms with Gasteiger partial charge in [-0.25, -0.2) is 0 Å². The Morgan fingerprint density at radius 2 is 1.52 bits per heavy atom. The molecule has 1 aromatic heterocycles.